The molecule has 2 rings (SSSR count). The molecule has 4 atom stereocenters. The Labute approximate surface area is 155 Å². The van der Waals surface area contributed by atoms with E-state index < -0.39 is 41.8 Å². The third-order valence-electron chi connectivity index (χ3n) is 4.35. The molecule has 1 fully saturated rings. The van der Waals surface area contributed by atoms with Crippen molar-refractivity contribution in [1.29, 1.82) is 5.26 Å². The van der Waals surface area contributed by atoms with Gasteiger partial charge in [0.2, 0.25) is 5.91 Å². The molecular formula is C17H20N2O6S. The maximum absolute atomic E-state index is 12.4. The van der Waals surface area contributed by atoms with Crippen LogP contribution in [0.15, 0.2) is 23.3 Å². The van der Waals surface area contributed by atoms with E-state index in [1.165, 1.54) is 13.0 Å². The maximum Gasteiger partial charge on any atom is 0.353 e. The monoisotopic (exact) mass is 380 g/mol. The molecule has 0 aromatic rings. The van der Waals surface area contributed by atoms with Gasteiger partial charge >= 0.3 is 11.9 Å². The summed E-state index contributed by atoms with van der Waals surface area (Å²) in [6, 6.07) is 1.38. The molecule has 0 bridgehead atoms. The molecule has 0 unspecified atom stereocenters. The standard InChI is InChI=1S/C17H20N2O6S/c1-3-6-25-11(21)8-10-13-12(9(2)20)16(22)19(13)14(17(23)24)15(10)26-7-4-5-18/h3,9-10,12-13,20H,1,4,6-8H2,2H3,(H,23,24)/t9-,10-,12-,13-/m1/s1. The number of esters is 1. The molecule has 0 aromatic heterocycles. The number of nitriles is 1. The van der Waals surface area contributed by atoms with Crippen molar-refractivity contribution in [2.24, 2.45) is 11.8 Å². The minimum absolute atomic E-state index is 0.0328. The summed E-state index contributed by atoms with van der Waals surface area (Å²) in [5.74, 6) is -3.29. The number of hydrogen-bond donors (Lipinski definition) is 2. The highest BCUT2D eigenvalue weighted by Crippen LogP contribution is 2.52. The predicted octanol–water partition coefficient (Wildman–Crippen LogP) is 0.886. The van der Waals surface area contributed by atoms with Crippen LogP contribution in [0, 0.1) is 23.2 Å². The first-order chi connectivity index (χ1) is 12.3. The van der Waals surface area contributed by atoms with Crippen molar-refractivity contribution < 1.29 is 29.3 Å². The summed E-state index contributed by atoms with van der Waals surface area (Å²) in [7, 11) is 0. The maximum atomic E-state index is 12.4. The molecule has 26 heavy (non-hydrogen) atoms. The van der Waals surface area contributed by atoms with Crippen LogP contribution in [-0.2, 0) is 19.1 Å². The number of carboxylic acids is 1. The highest BCUT2D eigenvalue weighted by Gasteiger charge is 2.61. The molecule has 0 aliphatic carbocycles. The topological polar surface area (TPSA) is 128 Å². The predicted molar refractivity (Wildman–Crippen MR) is 92.4 cm³/mol. The van der Waals surface area contributed by atoms with Gasteiger partial charge in [0, 0.05) is 23.0 Å². The van der Waals surface area contributed by atoms with Crippen molar-refractivity contribution in [3.63, 3.8) is 0 Å². The summed E-state index contributed by atoms with van der Waals surface area (Å²) in [5.41, 5.74) is -0.165. The van der Waals surface area contributed by atoms with Gasteiger partial charge in [-0.3, -0.25) is 9.59 Å². The number of nitrogens with zero attached hydrogens (tertiary/aromatic N) is 2. The number of hydrogen-bond acceptors (Lipinski definition) is 7. The fourth-order valence-corrected chi connectivity index (χ4v) is 4.53. The van der Waals surface area contributed by atoms with Crippen LogP contribution in [0.25, 0.3) is 0 Å². The number of fused-ring (bicyclic) bond motifs is 1. The molecule has 140 valence electrons. The van der Waals surface area contributed by atoms with Gasteiger partial charge in [0.25, 0.3) is 0 Å². The van der Waals surface area contributed by atoms with E-state index in [1.807, 2.05) is 6.07 Å². The van der Waals surface area contributed by atoms with Crippen LogP contribution < -0.4 is 0 Å². The van der Waals surface area contributed by atoms with Gasteiger partial charge < -0.3 is 19.8 Å². The van der Waals surface area contributed by atoms with Gasteiger partial charge in [-0.1, -0.05) is 12.7 Å². The third kappa shape index (κ3) is 3.61. The minimum Gasteiger partial charge on any atom is -0.477 e. The van der Waals surface area contributed by atoms with Gasteiger partial charge in [0.05, 0.1) is 30.6 Å². The van der Waals surface area contributed by atoms with Crippen LogP contribution in [0.4, 0.5) is 0 Å². The number of carboxylic acid groups (broad SMARTS) is 1. The highest BCUT2D eigenvalue weighted by molar-refractivity contribution is 8.03. The second kappa shape index (κ2) is 8.38. The molecular weight excluding hydrogens is 360 g/mol. The van der Waals surface area contributed by atoms with Crippen LogP contribution in [0.3, 0.4) is 0 Å². The Hall–Kier alpha value is -2.31. The van der Waals surface area contributed by atoms with Crippen LogP contribution in [0.5, 0.6) is 0 Å². The van der Waals surface area contributed by atoms with Crippen molar-refractivity contribution in [2.45, 2.75) is 31.9 Å². The highest BCUT2D eigenvalue weighted by atomic mass is 32.2. The van der Waals surface area contributed by atoms with Gasteiger partial charge in [-0.2, -0.15) is 5.26 Å². The molecule has 2 aliphatic heterocycles. The fraction of sp³-hybridized carbons (Fsp3) is 0.529. The van der Waals surface area contributed by atoms with Gasteiger partial charge in [-0.05, 0) is 6.92 Å². The number of ether oxygens (including phenoxy) is 1. The average molecular weight is 380 g/mol. The molecule has 0 saturated carbocycles. The normalized spacial score (nSPS) is 25.2. The lowest BCUT2D eigenvalue weighted by Crippen LogP contribution is -2.64. The SMILES string of the molecule is C=CCOC(=O)C[C@H]1C(SCCC#N)=C(C(=O)O)N2C(=O)[C@H]([C@@H](C)O)[C@@H]12. The molecule has 8 nitrogen and oxygen atoms in total. The van der Waals surface area contributed by atoms with Crippen molar-refractivity contribution >= 4 is 29.6 Å². The number of aliphatic hydroxyl groups excluding tert-OH is 1. The van der Waals surface area contributed by atoms with Crippen molar-refractivity contribution in [1.82, 2.24) is 4.90 Å². The summed E-state index contributed by atoms with van der Waals surface area (Å²) >= 11 is 1.16. The Balaban J connectivity index is 2.35. The fourth-order valence-electron chi connectivity index (χ4n) is 3.36. The lowest BCUT2D eigenvalue weighted by atomic mass is 9.77. The van der Waals surface area contributed by atoms with Crippen molar-refractivity contribution in [3.8, 4) is 6.07 Å². The first-order valence-corrected chi connectivity index (χ1v) is 9.08. The number of amides is 1. The summed E-state index contributed by atoms with van der Waals surface area (Å²) in [5, 5.41) is 28.2. The second-order valence-electron chi connectivity index (χ2n) is 6.02. The molecule has 0 aromatic carbocycles. The van der Waals surface area contributed by atoms with Crippen LogP contribution >= 0.6 is 11.8 Å². The van der Waals surface area contributed by atoms with E-state index in [4.69, 9.17) is 10.00 Å². The minimum atomic E-state index is -1.27. The van der Waals surface area contributed by atoms with E-state index in [2.05, 4.69) is 6.58 Å². The molecule has 2 heterocycles. The molecule has 2 N–H and O–H groups in total. The Morgan fingerprint density at radius 1 is 1.54 bits per heavy atom. The van der Waals surface area contributed by atoms with Gasteiger partial charge in [-0.15, -0.1) is 11.8 Å². The average Bonchev–Trinajstić information content (AvgIpc) is 2.83. The molecule has 1 saturated heterocycles. The summed E-state index contributed by atoms with van der Waals surface area (Å²) in [6.07, 6.45) is 0.546. The van der Waals surface area contributed by atoms with Crippen molar-refractivity contribution in [2.75, 3.05) is 12.4 Å². The van der Waals surface area contributed by atoms with Crippen molar-refractivity contribution in [3.05, 3.63) is 23.3 Å². The Morgan fingerprint density at radius 3 is 2.77 bits per heavy atom. The van der Waals surface area contributed by atoms with Gasteiger partial charge in [0.1, 0.15) is 12.3 Å². The number of rotatable bonds is 9. The quantitative estimate of drug-likeness (QED) is 0.261. The molecule has 9 heteroatoms. The zero-order chi connectivity index (χ0) is 19.4. The van der Waals surface area contributed by atoms with E-state index in [0.29, 0.717) is 10.7 Å². The van der Waals surface area contributed by atoms with E-state index in [-0.39, 0.29) is 25.1 Å². The van der Waals surface area contributed by atoms with E-state index in [9.17, 15) is 24.6 Å². The second-order valence-corrected chi connectivity index (χ2v) is 7.16. The number of aliphatic carboxylic acids is 1. The smallest absolute Gasteiger partial charge is 0.353 e. The Bertz CT molecular complexity index is 696. The van der Waals surface area contributed by atoms with Crippen LogP contribution in [0.2, 0.25) is 0 Å². The number of thioether (sulfide) groups is 1. The zero-order valence-corrected chi connectivity index (χ0v) is 15.1. The van der Waals surface area contributed by atoms with Gasteiger partial charge in [0.15, 0.2) is 0 Å². The first kappa shape index (κ1) is 20.0. The first-order valence-electron chi connectivity index (χ1n) is 8.10. The van der Waals surface area contributed by atoms with Crippen LogP contribution in [-0.4, -0.2) is 57.5 Å². The Kier molecular flexibility index (Phi) is 6.45. The van der Waals surface area contributed by atoms with E-state index >= 15 is 0 Å². The largest absolute Gasteiger partial charge is 0.477 e. The lowest BCUT2D eigenvalue weighted by molar-refractivity contribution is -0.165. The van der Waals surface area contributed by atoms with Gasteiger partial charge in [-0.25, -0.2) is 4.79 Å². The Morgan fingerprint density at radius 2 is 2.23 bits per heavy atom. The number of aliphatic hydroxyl groups is 1. The molecule has 2 aliphatic rings. The number of β-lactam (4-membered cyclic amide) rings is 1. The summed E-state index contributed by atoms with van der Waals surface area (Å²) in [4.78, 5) is 37.7. The number of carbonyl (C=O) groups excluding carboxylic acids is 2. The summed E-state index contributed by atoms with van der Waals surface area (Å²) < 4.78 is 5.00. The van der Waals surface area contributed by atoms with E-state index in [1.54, 1.807) is 0 Å². The van der Waals surface area contributed by atoms with Crippen LogP contribution in [0.1, 0.15) is 19.8 Å². The number of carbonyl (C=O) groups is 3. The third-order valence-corrected chi connectivity index (χ3v) is 5.57. The zero-order valence-electron chi connectivity index (χ0n) is 14.3. The van der Waals surface area contributed by atoms with E-state index in [0.717, 1.165) is 16.7 Å². The lowest BCUT2D eigenvalue weighted by Gasteiger charge is -2.46. The molecule has 0 spiro atoms. The molecule has 0 radical (unpaired) electrons. The summed E-state index contributed by atoms with van der Waals surface area (Å²) in [6.45, 7) is 4.96. The molecule has 1 amide bonds.